The standard InChI is InChI=1S/C19H21N3O2.ClH/c1-12(2)18(23)21-15-4-6-16(7-5-15)22-19(24)14-3-8-17-13(11-14)9-10-20-17;/h3-8,11-12,20H,9-10H2,1-2H3,(H,21,23)(H,22,24);1H. The number of rotatable bonds is 4. The second-order valence-corrected chi connectivity index (χ2v) is 6.22. The second kappa shape index (κ2) is 8.03. The van der Waals surface area contributed by atoms with E-state index >= 15 is 0 Å². The Hall–Kier alpha value is -2.53. The van der Waals surface area contributed by atoms with E-state index < -0.39 is 0 Å². The van der Waals surface area contributed by atoms with Crippen LogP contribution in [0.5, 0.6) is 0 Å². The minimum absolute atomic E-state index is 0. The molecule has 0 spiro atoms. The third-order valence-electron chi connectivity index (χ3n) is 4.01. The molecule has 0 radical (unpaired) electrons. The smallest absolute Gasteiger partial charge is 0.255 e. The molecule has 0 saturated carbocycles. The first-order valence-corrected chi connectivity index (χ1v) is 8.12. The zero-order valence-electron chi connectivity index (χ0n) is 14.3. The summed E-state index contributed by atoms with van der Waals surface area (Å²) in [7, 11) is 0. The highest BCUT2D eigenvalue weighted by molar-refractivity contribution is 6.05. The minimum Gasteiger partial charge on any atom is -0.384 e. The van der Waals surface area contributed by atoms with Crippen molar-refractivity contribution in [3.05, 3.63) is 53.6 Å². The van der Waals surface area contributed by atoms with Gasteiger partial charge in [0.25, 0.3) is 5.91 Å². The van der Waals surface area contributed by atoms with Gasteiger partial charge in [-0.25, -0.2) is 0 Å². The third-order valence-corrected chi connectivity index (χ3v) is 4.01. The number of amides is 2. The summed E-state index contributed by atoms with van der Waals surface area (Å²) in [5.74, 6) is -0.235. The number of halogens is 1. The van der Waals surface area contributed by atoms with Gasteiger partial charge in [-0.3, -0.25) is 9.59 Å². The predicted octanol–water partition coefficient (Wildman–Crippen LogP) is 3.92. The van der Waals surface area contributed by atoms with Crippen molar-refractivity contribution in [2.45, 2.75) is 20.3 Å². The number of carbonyl (C=O) groups is 2. The van der Waals surface area contributed by atoms with E-state index in [1.807, 2.05) is 32.0 Å². The van der Waals surface area contributed by atoms with Crippen molar-refractivity contribution in [3.63, 3.8) is 0 Å². The molecular weight excluding hydrogens is 338 g/mol. The fourth-order valence-electron chi connectivity index (χ4n) is 2.57. The Balaban J connectivity index is 0.00000225. The fourth-order valence-corrected chi connectivity index (χ4v) is 2.57. The molecule has 2 aromatic rings. The topological polar surface area (TPSA) is 70.2 Å². The number of anilines is 3. The number of carbonyl (C=O) groups excluding carboxylic acids is 2. The number of nitrogens with one attached hydrogen (secondary N) is 3. The Morgan fingerprint density at radius 3 is 2.28 bits per heavy atom. The predicted molar refractivity (Wildman–Crippen MR) is 104 cm³/mol. The molecule has 0 atom stereocenters. The van der Waals surface area contributed by atoms with Gasteiger partial charge in [-0.2, -0.15) is 0 Å². The van der Waals surface area contributed by atoms with Gasteiger partial charge in [0.2, 0.25) is 5.91 Å². The Morgan fingerprint density at radius 2 is 1.64 bits per heavy atom. The van der Waals surface area contributed by atoms with Gasteiger partial charge in [-0.05, 0) is 54.4 Å². The maximum Gasteiger partial charge on any atom is 0.255 e. The highest BCUT2D eigenvalue weighted by Crippen LogP contribution is 2.23. The number of fused-ring (bicyclic) bond motifs is 1. The summed E-state index contributed by atoms with van der Waals surface area (Å²) in [6, 6.07) is 12.8. The molecule has 6 heteroatoms. The van der Waals surface area contributed by atoms with Crippen LogP contribution in [0.4, 0.5) is 17.1 Å². The van der Waals surface area contributed by atoms with E-state index in [2.05, 4.69) is 16.0 Å². The first-order chi connectivity index (χ1) is 11.5. The number of hydrogen-bond donors (Lipinski definition) is 3. The fraction of sp³-hybridized carbons (Fsp3) is 0.263. The molecule has 2 amide bonds. The van der Waals surface area contributed by atoms with E-state index in [-0.39, 0.29) is 30.1 Å². The van der Waals surface area contributed by atoms with Crippen LogP contribution in [-0.2, 0) is 11.2 Å². The normalized spacial score (nSPS) is 12.0. The summed E-state index contributed by atoms with van der Waals surface area (Å²) in [6.07, 6.45) is 0.945. The molecule has 132 valence electrons. The van der Waals surface area contributed by atoms with E-state index in [4.69, 9.17) is 0 Å². The van der Waals surface area contributed by atoms with Gasteiger partial charge in [0.15, 0.2) is 0 Å². The van der Waals surface area contributed by atoms with E-state index in [9.17, 15) is 9.59 Å². The molecule has 0 bridgehead atoms. The lowest BCUT2D eigenvalue weighted by Crippen LogP contribution is -2.17. The van der Waals surface area contributed by atoms with Crippen molar-refractivity contribution in [1.29, 1.82) is 0 Å². The molecule has 1 aliphatic rings. The van der Waals surface area contributed by atoms with Crippen LogP contribution in [0.3, 0.4) is 0 Å². The van der Waals surface area contributed by atoms with Crippen LogP contribution in [0, 0.1) is 5.92 Å². The van der Waals surface area contributed by atoms with Crippen molar-refractivity contribution in [1.82, 2.24) is 0 Å². The zero-order chi connectivity index (χ0) is 17.1. The van der Waals surface area contributed by atoms with Crippen molar-refractivity contribution in [2.75, 3.05) is 22.5 Å². The summed E-state index contributed by atoms with van der Waals surface area (Å²) in [5, 5.41) is 8.98. The maximum absolute atomic E-state index is 12.4. The van der Waals surface area contributed by atoms with Gasteiger partial charge in [0.1, 0.15) is 0 Å². The first-order valence-electron chi connectivity index (χ1n) is 8.12. The molecule has 1 heterocycles. The molecule has 0 aliphatic carbocycles. The van der Waals surface area contributed by atoms with Gasteiger partial charge in [0.05, 0.1) is 0 Å². The van der Waals surface area contributed by atoms with Crippen molar-refractivity contribution in [2.24, 2.45) is 5.92 Å². The molecule has 0 aromatic heterocycles. The summed E-state index contributed by atoms with van der Waals surface area (Å²) in [5.41, 5.74) is 4.34. The Bertz CT molecular complexity index is 773. The molecule has 3 rings (SSSR count). The van der Waals surface area contributed by atoms with Crippen molar-refractivity contribution in [3.8, 4) is 0 Å². The van der Waals surface area contributed by atoms with Gasteiger partial charge in [-0.1, -0.05) is 13.8 Å². The molecule has 2 aromatic carbocycles. The lowest BCUT2D eigenvalue weighted by molar-refractivity contribution is -0.118. The van der Waals surface area contributed by atoms with E-state index in [1.54, 1.807) is 24.3 Å². The summed E-state index contributed by atoms with van der Waals surface area (Å²) in [4.78, 5) is 24.0. The van der Waals surface area contributed by atoms with E-state index in [0.717, 1.165) is 24.3 Å². The highest BCUT2D eigenvalue weighted by Gasteiger charge is 2.13. The zero-order valence-corrected chi connectivity index (χ0v) is 15.1. The van der Waals surface area contributed by atoms with Crippen molar-refractivity contribution >= 4 is 41.3 Å². The maximum atomic E-state index is 12.4. The number of hydrogen-bond acceptors (Lipinski definition) is 3. The lowest BCUT2D eigenvalue weighted by atomic mass is 10.1. The van der Waals surface area contributed by atoms with Crippen LogP contribution >= 0.6 is 12.4 Å². The Kier molecular flexibility index (Phi) is 6.04. The molecule has 0 fully saturated rings. The van der Waals surface area contributed by atoms with E-state index in [1.165, 1.54) is 5.56 Å². The average Bonchev–Trinajstić information content (AvgIpc) is 3.04. The van der Waals surface area contributed by atoms with Crippen LogP contribution in [0.1, 0.15) is 29.8 Å². The summed E-state index contributed by atoms with van der Waals surface area (Å²) < 4.78 is 0. The molecule has 3 N–H and O–H groups in total. The molecule has 25 heavy (non-hydrogen) atoms. The average molecular weight is 360 g/mol. The van der Waals surface area contributed by atoms with Crippen LogP contribution in [-0.4, -0.2) is 18.4 Å². The summed E-state index contributed by atoms with van der Waals surface area (Å²) >= 11 is 0. The lowest BCUT2D eigenvalue weighted by Gasteiger charge is -2.10. The van der Waals surface area contributed by atoms with Gasteiger partial charge in [0, 0.05) is 35.1 Å². The first kappa shape index (κ1) is 18.8. The largest absolute Gasteiger partial charge is 0.384 e. The molecule has 5 nitrogen and oxygen atoms in total. The van der Waals surface area contributed by atoms with Crippen LogP contribution in [0.25, 0.3) is 0 Å². The minimum atomic E-state index is -0.135. The van der Waals surface area contributed by atoms with Crippen LogP contribution < -0.4 is 16.0 Å². The van der Waals surface area contributed by atoms with Crippen LogP contribution in [0.2, 0.25) is 0 Å². The van der Waals surface area contributed by atoms with Gasteiger partial charge >= 0.3 is 0 Å². The van der Waals surface area contributed by atoms with Gasteiger partial charge in [-0.15, -0.1) is 12.4 Å². The van der Waals surface area contributed by atoms with E-state index in [0.29, 0.717) is 11.3 Å². The monoisotopic (exact) mass is 359 g/mol. The Labute approximate surface area is 153 Å². The third kappa shape index (κ3) is 4.51. The van der Waals surface area contributed by atoms with Gasteiger partial charge < -0.3 is 16.0 Å². The van der Waals surface area contributed by atoms with Crippen molar-refractivity contribution < 1.29 is 9.59 Å². The molecule has 0 unspecified atom stereocenters. The summed E-state index contributed by atoms with van der Waals surface area (Å²) in [6.45, 7) is 4.61. The second-order valence-electron chi connectivity index (χ2n) is 6.22. The Morgan fingerprint density at radius 1 is 1.00 bits per heavy atom. The van der Waals surface area contributed by atoms with Crippen LogP contribution in [0.15, 0.2) is 42.5 Å². The molecule has 0 saturated heterocycles. The molecule has 1 aliphatic heterocycles. The highest BCUT2D eigenvalue weighted by atomic mass is 35.5. The molecular formula is C19H22ClN3O2. The SMILES string of the molecule is CC(C)C(=O)Nc1ccc(NC(=O)c2ccc3c(c2)CCN3)cc1.Cl. The quantitative estimate of drug-likeness (QED) is 0.774. The number of benzene rings is 2.